The van der Waals surface area contributed by atoms with Gasteiger partial charge in [0, 0.05) is 27.2 Å². The summed E-state index contributed by atoms with van der Waals surface area (Å²) in [5.74, 6) is 1.36. The first-order valence-electron chi connectivity index (χ1n) is 7.69. The molecule has 0 unspecified atom stereocenters. The zero-order chi connectivity index (χ0) is 17.5. The van der Waals surface area contributed by atoms with Crippen molar-refractivity contribution in [1.29, 1.82) is 0 Å². The molecule has 0 saturated heterocycles. The van der Waals surface area contributed by atoms with Crippen molar-refractivity contribution in [3.8, 4) is 5.75 Å². The van der Waals surface area contributed by atoms with Crippen molar-refractivity contribution in [2.24, 2.45) is 12.0 Å². The second kappa shape index (κ2) is 8.28. The standard InChI is InChI=1S/C16H23FN6O/c1-5-18-16(19-9-15-20-11-21-23(15)3)22(2)10-12-6-7-14(24-4)13(17)8-12/h6-8,11H,5,9-10H2,1-4H3,(H,18,19). The van der Waals surface area contributed by atoms with Crippen LogP contribution in [0.5, 0.6) is 5.75 Å². The highest BCUT2D eigenvalue weighted by molar-refractivity contribution is 5.79. The van der Waals surface area contributed by atoms with E-state index in [4.69, 9.17) is 4.74 Å². The van der Waals surface area contributed by atoms with Crippen molar-refractivity contribution in [3.63, 3.8) is 0 Å². The van der Waals surface area contributed by atoms with E-state index in [0.717, 1.165) is 23.9 Å². The van der Waals surface area contributed by atoms with Gasteiger partial charge in [0.1, 0.15) is 18.7 Å². The van der Waals surface area contributed by atoms with E-state index in [0.29, 0.717) is 13.1 Å². The van der Waals surface area contributed by atoms with E-state index in [-0.39, 0.29) is 11.6 Å². The molecule has 0 amide bonds. The van der Waals surface area contributed by atoms with E-state index in [1.807, 2.05) is 32.0 Å². The number of nitrogens with zero attached hydrogens (tertiary/aromatic N) is 5. The highest BCUT2D eigenvalue weighted by Crippen LogP contribution is 2.18. The van der Waals surface area contributed by atoms with E-state index in [1.54, 1.807) is 10.7 Å². The van der Waals surface area contributed by atoms with Crippen LogP contribution >= 0.6 is 0 Å². The van der Waals surface area contributed by atoms with Crippen LogP contribution < -0.4 is 10.1 Å². The molecule has 1 aromatic carbocycles. The Bertz CT molecular complexity index is 700. The number of benzene rings is 1. The first kappa shape index (κ1) is 17.7. The molecular weight excluding hydrogens is 311 g/mol. The van der Waals surface area contributed by atoms with Gasteiger partial charge in [-0.15, -0.1) is 0 Å². The molecule has 7 nitrogen and oxygen atoms in total. The predicted molar refractivity (Wildman–Crippen MR) is 90.2 cm³/mol. The summed E-state index contributed by atoms with van der Waals surface area (Å²) < 4.78 is 20.4. The van der Waals surface area contributed by atoms with Gasteiger partial charge in [0.15, 0.2) is 17.5 Å². The summed E-state index contributed by atoms with van der Waals surface area (Å²) in [6, 6.07) is 4.94. The van der Waals surface area contributed by atoms with Crippen molar-refractivity contribution in [2.45, 2.75) is 20.0 Å². The summed E-state index contributed by atoms with van der Waals surface area (Å²) in [6.07, 6.45) is 1.50. The Labute approximate surface area is 141 Å². The van der Waals surface area contributed by atoms with Gasteiger partial charge in [0.05, 0.1) is 7.11 Å². The lowest BCUT2D eigenvalue weighted by Crippen LogP contribution is -2.38. The maximum absolute atomic E-state index is 13.8. The minimum atomic E-state index is -0.371. The molecule has 24 heavy (non-hydrogen) atoms. The van der Waals surface area contributed by atoms with Gasteiger partial charge in [-0.1, -0.05) is 6.07 Å². The summed E-state index contributed by atoms with van der Waals surface area (Å²) in [5.41, 5.74) is 0.833. The van der Waals surface area contributed by atoms with Crippen LogP contribution in [0.4, 0.5) is 4.39 Å². The van der Waals surface area contributed by atoms with Gasteiger partial charge in [-0.05, 0) is 24.6 Å². The minimum Gasteiger partial charge on any atom is -0.494 e. The van der Waals surface area contributed by atoms with Crippen LogP contribution in [-0.4, -0.2) is 46.3 Å². The van der Waals surface area contributed by atoms with Crippen LogP contribution in [0.25, 0.3) is 0 Å². The molecule has 2 aromatic rings. The van der Waals surface area contributed by atoms with E-state index in [2.05, 4.69) is 20.4 Å². The lowest BCUT2D eigenvalue weighted by Gasteiger charge is -2.22. The number of ether oxygens (including phenoxy) is 1. The average molecular weight is 334 g/mol. The minimum absolute atomic E-state index is 0.240. The Morgan fingerprint density at radius 1 is 1.46 bits per heavy atom. The van der Waals surface area contributed by atoms with Crippen LogP contribution in [0, 0.1) is 5.82 Å². The van der Waals surface area contributed by atoms with Gasteiger partial charge >= 0.3 is 0 Å². The first-order valence-corrected chi connectivity index (χ1v) is 7.69. The van der Waals surface area contributed by atoms with Gasteiger partial charge in [-0.3, -0.25) is 4.68 Å². The molecule has 0 atom stereocenters. The lowest BCUT2D eigenvalue weighted by atomic mass is 10.2. The average Bonchev–Trinajstić information content (AvgIpc) is 2.96. The number of aliphatic imine (C=N–C) groups is 1. The third kappa shape index (κ3) is 4.43. The number of aromatic nitrogens is 3. The number of guanidine groups is 1. The largest absolute Gasteiger partial charge is 0.494 e. The molecule has 130 valence electrons. The van der Waals surface area contributed by atoms with Gasteiger partial charge in [-0.25, -0.2) is 14.4 Å². The summed E-state index contributed by atoms with van der Waals surface area (Å²) in [6.45, 7) is 3.67. The van der Waals surface area contributed by atoms with Crippen LogP contribution in [0.2, 0.25) is 0 Å². The highest BCUT2D eigenvalue weighted by Gasteiger charge is 2.10. The van der Waals surface area contributed by atoms with Gasteiger partial charge in [-0.2, -0.15) is 5.10 Å². The molecule has 0 spiro atoms. The SMILES string of the molecule is CCNC(=NCc1ncnn1C)N(C)Cc1ccc(OC)c(F)c1. The summed E-state index contributed by atoms with van der Waals surface area (Å²) in [7, 11) is 5.18. The smallest absolute Gasteiger partial charge is 0.194 e. The molecule has 1 aromatic heterocycles. The fourth-order valence-corrected chi connectivity index (χ4v) is 2.24. The quantitative estimate of drug-likeness (QED) is 0.641. The second-order valence-corrected chi connectivity index (χ2v) is 5.29. The Kier molecular flexibility index (Phi) is 6.11. The highest BCUT2D eigenvalue weighted by atomic mass is 19.1. The molecule has 1 heterocycles. The zero-order valence-electron chi connectivity index (χ0n) is 14.5. The molecule has 2 rings (SSSR count). The number of hydrogen-bond acceptors (Lipinski definition) is 4. The summed E-state index contributed by atoms with van der Waals surface area (Å²) in [4.78, 5) is 10.6. The maximum atomic E-state index is 13.8. The molecule has 0 fully saturated rings. The maximum Gasteiger partial charge on any atom is 0.194 e. The van der Waals surface area contributed by atoms with Crippen LogP contribution in [-0.2, 0) is 20.1 Å². The molecule has 0 saturated carbocycles. The zero-order valence-corrected chi connectivity index (χ0v) is 14.5. The number of hydrogen-bond donors (Lipinski definition) is 1. The monoisotopic (exact) mass is 334 g/mol. The third-order valence-electron chi connectivity index (χ3n) is 3.51. The van der Waals surface area contributed by atoms with Gasteiger partial charge < -0.3 is 15.0 Å². The van der Waals surface area contributed by atoms with Crippen LogP contribution in [0.3, 0.4) is 0 Å². The second-order valence-electron chi connectivity index (χ2n) is 5.29. The normalized spacial score (nSPS) is 11.5. The number of halogens is 1. The lowest BCUT2D eigenvalue weighted by molar-refractivity contribution is 0.385. The van der Waals surface area contributed by atoms with Crippen molar-refractivity contribution in [3.05, 3.63) is 41.7 Å². The van der Waals surface area contributed by atoms with Crippen molar-refractivity contribution in [2.75, 3.05) is 20.7 Å². The molecule has 0 radical (unpaired) electrons. The van der Waals surface area contributed by atoms with Crippen molar-refractivity contribution in [1.82, 2.24) is 25.0 Å². The number of rotatable bonds is 6. The number of aryl methyl sites for hydroxylation is 1. The summed E-state index contributed by atoms with van der Waals surface area (Å²) >= 11 is 0. The Morgan fingerprint density at radius 2 is 2.25 bits per heavy atom. The predicted octanol–water partition coefficient (Wildman–Crippen LogP) is 1.56. The Balaban J connectivity index is 2.09. The molecule has 1 N–H and O–H groups in total. The van der Waals surface area contributed by atoms with Crippen LogP contribution in [0.1, 0.15) is 18.3 Å². The van der Waals surface area contributed by atoms with E-state index < -0.39 is 0 Å². The van der Waals surface area contributed by atoms with E-state index in [9.17, 15) is 4.39 Å². The fraction of sp³-hybridized carbons (Fsp3) is 0.438. The van der Waals surface area contributed by atoms with Crippen LogP contribution in [0.15, 0.2) is 29.5 Å². The Hall–Kier alpha value is -2.64. The molecule has 8 heteroatoms. The molecule has 0 aliphatic carbocycles. The fourth-order valence-electron chi connectivity index (χ4n) is 2.24. The van der Waals surface area contributed by atoms with Crippen molar-refractivity contribution < 1.29 is 9.13 Å². The number of nitrogens with one attached hydrogen (secondary N) is 1. The third-order valence-corrected chi connectivity index (χ3v) is 3.51. The topological polar surface area (TPSA) is 67.6 Å². The van der Waals surface area contributed by atoms with E-state index >= 15 is 0 Å². The van der Waals surface area contributed by atoms with Crippen molar-refractivity contribution >= 4 is 5.96 Å². The summed E-state index contributed by atoms with van der Waals surface area (Å²) in [5, 5.41) is 7.25. The molecule has 0 aliphatic rings. The molecule has 0 aliphatic heterocycles. The van der Waals surface area contributed by atoms with E-state index in [1.165, 1.54) is 19.5 Å². The first-order chi connectivity index (χ1) is 11.5. The van der Waals surface area contributed by atoms with Gasteiger partial charge in [0.25, 0.3) is 0 Å². The molecular formula is C16H23FN6O. The van der Waals surface area contributed by atoms with Gasteiger partial charge in [0.2, 0.25) is 0 Å². The Morgan fingerprint density at radius 3 is 2.83 bits per heavy atom. The molecule has 0 bridgehead atoms. The number of methoxy groups -OCH3 is 1.